The van der Waals surface area contributed by atoms with Crippen molar-refractivity contribution in [1.29, 1.82) is 0 Å². The minimum atomic E-state index is -1.56. The first kappa shape index (κ1) is 15.3. The summed E-state index contributed by atoms with van der Waals surface area (Å²) >= 11 is 0. The molecule has 6 heteroatoms. The van der Waals surface area contributed by atoms with Crippen LogP contribution in [0.3, 0.4) is 0 Å². The summed E-state index contributed by atoms with van der Waals surface area (Å²) < 4.78 is 21.9. The van der Waals surface area contributed by atoms with Gasteiger partial charge in [-0.3, -0.25) is 9.59 Å². The smallest absolute Gasteiger partial charge is 0.337 e. The van der Waals surface area contributed by atoms with Crippen molar-refractivity contribution in [3.05, 3.63) is 53.6 Å². The normalized spacial score (nSPS) is 19.7. The Morgan fingerprint density at radius 3 is 2.52 bits per heavy atom. The fraction of sp³-hybridized carbons (Fsp3) is 0.158. The Kier molecular flexibility index (Phi) is 3.28. The van der Waals surface area contributed by atoms with Gasteiger partial charge in [0.25, 0.3) is 5.78 Å². The van der Waals surface area contributed by atoms with Crippen LogP contribution in [0.5, 0.6) is 23.0 Å². The number of ketones is 1. The molecule has 2 aliphatic rings. The summed E-state index contributed by atoms with van der Waals surface area (Å²) in [6.07, 6.45) is 3.33. The van der Waals surface area contributed by atoms with Gasteiger partial charge in [0, 0.05) is 30.7 Å². The molecular formula is C19H14O6. The Balaban J connectivity index is 1.70. The Bertz CT molecular complexity index is 930. The van der Waals surface area contributed by atoms with Crippen molar-refractivity contribution in [2.45, 2.75) is 12.7 Å². The Hall–Kier alpha value is -3.28. The van der Waals surface area contributed by atoms with Gasteiger partial charge in [0.15, 0.2) is 0 Å². The number of carbonyl (C=O) groups is 2. The molecular weight excluding hydrogens is 324 g/mol. The molecule has 25 heavy (non-hydrogen) atoms. The number of methoxy groups -OCH3 is 1. The zero-order valence-corrected chi connectivity index (χ0v) is 13.6. The van der Waals surface area contributed by atoms with E-state index in [0.29, 0.717) is 28.6 Å². The second-order valence-corrected chi connectivity index (χ2v) is 5.69. The molecule has 4 rings (SSSR count). The molecule has 2 heterocycles. The van der Waals surface area contributed by atoms with Crippen LogP contribution >= 0.6 is 0 Å². The van der Waals surface area contributed by atoms with E-state index in [-0.39, 0.29) is 5.78 Å². The lowest BCUT2D eigenvalue weighted by atomic mass is 10.0. The van der Waals surface area contributed by atoms with Gasteiger partial charge in [0.05, 0.1) is 12.7 Å². The minimum Gasteiger partial charge on any atom is -0.497 e. The van der Waals surface area contributed by atoms with Crippen molar-refractivity contribution >= 4 is 17.8 Å². The summed E-state index contributed by atoms with van der Waals surface area (Å²) in [5, 5.41) is 0. The number of hydrogen-bond acceptors (Lipinski definition) is 6. The van der Waals surface area contributed by atoms with Gasteiger partial charge in [-0.05, 0) is 30.3 Å². The predicted molar refractivity (Wildman–Crippen MR) is 88.1 cm³/mol. The van der Waals surface area contributed by atoms with E-state index >= 15 is 0 Å². The van der Waals surface area contributed by atoms with E-state index in [2.05, 4.69) is 0 Å². The maximum atomic E-state index is 12.8. The molecule has 0 N–H and O–H groups in total. The molecule has 0 saturated carbocycles. The number of fused-ring (bicyclic) bond motifs is 2. The molecule has 126 valence electrons. The van der Waals surface area contributed by atoms with Crippen molar-refractivity contribution in [2.24, 2.45) is 0 Å². The van der Waals surface area contributed by atoms with Crippen molar-refractivity contribution in [1.82, 2.24) is 0 Å². The van der Waals surface area contributed by atoms with E-state index in [0.717, 1.165) is 5.56 Å². The number of esters is 1. The van der Waals surface area contributed by atoms with Gasteiger partial charge in [-0.15, -0.1) is 0 Å². The Morgan fingerprint density at radius 2 is 1.76 bits per heavy atom. The zero-order valence-electron chi connectivity index (χ0n) is 13.6. The lowest BCUT2D eigenvalue weighted by molar-refractivity contribution is -0.131. The lowest BCUT2D eigenvalue weighted by Gasteiger charge is -2.28. The summed E-state index contributed by atoms with van der Waals surface area (Å²) in [6.45, 7) is 1.31. The summed E-state index contributed by atoms with van der Waals surface area (Å²) in [7, 11) is 1.54. The molecule has 0 radical (unpaired) electrons. The number of ether oxygens (including phenoxy) is 4. The molecule has 0 amide bonds. The SMILES string of the molecule is COc1ccc2c(c1)OC1(C=Cc3ccc(OC(C)=O)cc3O1)C2=O. The number of benzene rings is 2. The van der Waals surface area contributed by atoms with Crippen LogP contribution in [0.25, 0.3) is 6.08 Å². The monoisotopic (exact) mass is 338 g/mol. The summed E-state index contributed by atoms with van der Waals surface area (Å²) in [5.41, 5.74) is 1.18. The van der Waals surface area contributed by atoms with Crippen molar-refractivity contribution in [3.8, 4) is 23.0 Å². The van der Waals surface area contributed by atoms with Gasteiger partial charge in [-0.25, -0.2) is 0 Å². The molecule has 0 aromatic heterocycles. The average molecular weight is 338 g/mol. The third-order valence-corrected chi connectivity index (χ3v) is 4.00. The molecule has 0 saturated heterocycles. The van der Waals surface area contributed by atoms with Gasteiger partial charge >= 0.3 is 11.8 Å². The van der Waals surface area contributed by atoms with E-state index in [1.807, 2.05) is 0 Å². The highest BCUT2D eigenvalue weighted by atomic mass is 16.7. The van der Waals surface area contributed by atoms with Crippen LogP contribution in [0.15, 0.2) is 42.5 Å². The number of hydrogen-bond donors (Lipinski definition) is 0. The maximum Gasteiger partial charge on any atom is 0.337 e. The van der Waals surface area contributed by atoms with Crippen LogP contribution in [0.1, 0.15) is 22.8 Å². The minimum absolute atomic E-state index is 0.301. The molecule has 2 aromatic carbocycles. The highest BCUT2D eigenvalue weighted by Crippen LogP contribution is 2.43. The number of Topliss-reactive ketones (excluding diaryl/α,β-unsaturated/α-hetero) is 1. The van der Waals surface area contributed by atoms with Crippen LogP contribution in [-0.2, 0) is 4.79 Å². The first-order valence-corrected chi connectivity index (χ1v) is 7.63. The fourth-order valence-electron chi connectivity index (χ4n) is 2.84. The molecule has 1 unspecified atom stereocenters. The molecule has 0 bridgehead atoms. The van der Waals surface area contributed by atoms with Crippen LogP contribution in [0, 0.1) is 0 Å². The van der Waals surface area contributed by atoms with Crippen molar-refractivity contribution in [3.63, 3.8) is 0 Å². The zero-order chi connectivity index (χ0) is 17.6. The first-order valence-electron chi connectivity index (χ1n) is 7.63. The van der Waals surface area contributed by atoms with E-state index in [1.54, 1.807) is 48.6 Å². The van der Waals surface area contributed by atoms with Crippen molar-refractivity contribution in [2.75, 3.05) is 7.11 Å². The van der Waals surface area contributed by atoms with Gasteiger partial charge in [-0.2, -0.15) is 0 Å². The standard InChI is InChI=1S/C19H14O6/c1-11(20)23-14-4-3-12-7-8-19(24-16(12)10-14)18(21)15-6-5-13(22-2)9-17(15)25-19/h3-10H,1-2H3. The molecule has 2 aromatic rings. The van der Waals surface area contributed by atoms with Gasteiger partial charge in [-0.1, -0.05) is 0 Å². The second kappa shape index (κ2) is 5.37. The largest absolute Gasteiger partial charge is 0.497 e. The van der Waals surface area contributed by atoms with Gasteiger partial charge < -0.3 is 18.9 Å². The van der Waals surface area contributed by atoms with Crippen LogP contribution in [0.2, 0.25) is 0 Å². The summed E-state index contributed by atoms with van der Waals surface area (Å²) in [5.74, 6) is -0.583. The average Bonchev–Trinajstić information content (AvgIpc) is 2.85. The fourth-order valence-corrected chi connectivity index (χ4v) is 2.84. The molecule has 0 aliphatic carbocycles. The topological polar surface area (TPSA) is 71.1 Å². The molecule has 2 aliphatic heterocycles. The predicted octanol–water partition coefficient (Wildman–Crippen LogP) is 3.00. The molecule has 1 spiro atoms. The summed E-state index contributed by atoms with van der Waals surface area (Å²) in [4.78, 5) is 23.9. The number of rotatable bonds is 2. The van der Waals surface area contributed by atoms with Gasteiger partial charge in [0.2, 0.25) is 0 Å². The maximum absolute atomic E-state index is 12.8. The third kappa shape index (κ3) is 2.42. The van der Waals surface area contributed by atoms with Gasteiger partial charge in [0.1, 0.15) is 23.0 Å². The highest BCUT2D eigenvalue weighted by Gasteiger charge is 2.50. The second-order valence-electron chi connectivity index (χ2n) is 5.69. The molecule has 1 atom stereocenters. The summed E-state index contributed by atoms with van der Waals surface area (Å²) in [6, 6.07) is 9.94. The lowest BCUT2D eigenvalue weighted by Crippen LogP contribution is -2.45. The van der Waals surface area contributed by atoms with Crippen LogP contribution < -0.4 is 18.9 Å². The quantitative estimate of drug-likeness (QED) is 0.619. The Labute approximate surface area is 143 Å². The van der Waals surface area contributed by atoms with Crippen LogP contribution in [-0.4, -0.2) is 24.6 Å². The van der Waals surface area contributed by atoms with Crippen LogP contribution in [0.4, 0.5) is 0 Å². The molecule has 6 nitrogen and oxygen atoms in total. The third-order valence-electron chi connectivity index (χ3n) is 4.00. The molecule has 0 fully saturated rings. The van der Waals surface area contributed by atoms with E-state index in [9.17, 15) is 9.59 Å². The first-order chi connectivity index (χ1) is 12.0. The van der Waals surface area contributed by atoms with E-state index < -0.39 is 11.8 Å². The van der Waals surface area contributed by atoms with E-state index in [1.165, 1.54) is 14.0 Å². The highest BCUT2D eigenvalue weighted by molar-refractivity contribution is 6.09. The van der Waals surface area contributed by atoms with E-state index in [4.69, 9.17) is 18.9 Å². The number of carbonyl (C=O) groups excluding carboxylic acids is 2. The Morgan fingerprint density at radius 1 is 1.04 bits per heavy atom. The van der Waals surface area contributed by atoms with Crippen molar-refractivity contribution < 1.29 is 28.5 Å².